The van der Waals surface area contributed by atoms with Crippen molar-refractivity contribution in [2.45, 2.75) is 32.9 Å². The van der Waals surface area contributed by atoms with E-state index in [4.69, 9.17) is 9.57 Å². The van der Waals surface area contributed by atoms with Crippen LogP contribution < -0.4 is 10.3 Å². The third-order valence-electron chi connectivity index (χ3n) is 2.11. The predicted molar refractivity (Wildman–Crippen MR) is 62.0 cm³/mol. The Hall–Kier alpha value is -1.75. The average Bonchev–Trinajstić information content (AvgIpc) is 2.55. The molecule has 92 valence electrons. The number of hydrogen-bond donors (Lipinski definition) is 1. The standard InChI is InChI=1S/C12H16N2O3/c1-12(2,3)16-11(15)13-14-8-9-6-4-5-7-10(9)17-14/h4-7H,8H2,1-3H3,(H,13,15). The maximum Gasteiger partial charge on any atom is 0.424 e. The van der Waals surface area contributed by atoms with Gasteiger partial charge in [-0.15, -0.1) is 0 Å². The maximum atomic E-state index is 11.5. The van der Waals surface area contributed by atoms with Crippen molar-refractivity contribution in [3.8, 4) is 5.75 Å². The highest BCUT2D eigenvalue weighted by Gasteiger charge is 2.24. The minimum Gasteiger partial charge on any atom is -0.443 e. The Labute approximate surface area is 100 Å². The number of fused-ring (bicyclic) bond motifs is 1. The van der Waals surface area contributed by atoms with Crippen LogP contribution in [0.2, 0.25) is 0 Å². The third kappa shape index (κ3) is 3.10. The van der Waals surface area contributed by atoms with Crippen LogP contribution in [0.1, 0.15) is 26.3 Å². The number of carbonyl (C=O) groups excluding carboxylic acids is 1. The van der Waals surface area contributed by atoms with Crippen molar-refractivity contribution in [2.75, 3.05) is 0 Å². The average molecular weight is 236 g/mol. The molecule has 0 bridgehead atoms. The van der Waals surface area contributed by atoms with Gasteiger partial charge in [-0.25, -0.2) is 10.2 Å². The van der Waals surface area contributed by atoms with Crippen molar-refractivity contribution < 1.29 is 14.4 Å². The molecule has 1 aliphatic rings. The summed E-state index contributed by atoms with van der Waals surface area (Å²) >= 11 is 0. The number of carbonyl (C=O) groups is 1. The fraction of sp³-hybridized carbons (Fsp3) is 0.417. The number of rotatable bonds is 1. The van der Waals surface area contributed by atoms with Gasteiger partial charge in [0, 0.05) is 5.56 Å². The van der Waals surface area contributed by atoms with Crippen molar-refractivity contribution in [2.24, 2.45) is 0 Å². The highest BCUT2D eigenvalue weighted by atomic mass is 16.7. The van der Waals surface area contributed by atoms with Gasteiger partial charge in [-0.2, -0.15) is 0 Å². The summed E-state index contributed by atoms with van der Waals surface area (Å²) in [7, 11) is 0. The van der Waals surface area contributed by atoms with Crippen molar-refractivity contribution in [1.29, 1.82) is 0 Å². The van der Waals surface area contributed by atoms with E-state index < -0.39 is 11.7 Å². The smallest absolute Gasteiger partial charge is 0.424 e. The van der Waals surface area contributed by atoms with Gasteiger partial charge in [0.25, 0.3) is 0 Å². The molecular weight excluding hydrogens is 220 g/mol. The fourth-order valence-corrected chi connectivity index (χ4v) is 1.49. The minimum absolute atomic E-state index is 0.509. The molecule has 5 heteroatoms. The summed E-state index contributed by atoms with van der Waals surface area (Å²) < 4.78 is 5.13. The molecule has 1 heterocycles. The lowest BCUT2D eigenvalue weighted by Gasteiger charge is -2.22. The fourth-order valence-electron chi connectivity index (χ4n) is 1.49. The lowest BCUT2D eigenvalue weighted by atomic mass is 10.2. The van der Waals surface area contributed by atoms with E-state index in [0.717, 1.165) is 11.3 Å². The Morgan fingerprint density at radius 1 is 1.41 bits per heavy atom. The van der Waals surface area contributed by atoms with Gasteiger partial charge in [0.2, 0.25) is 0 Å². The molecule has 0 atom stereocenters. The van der Waals surface area contributed by atoms with E-state index in [9.17, 15) is 4.79 Å². The monoisotopic (exact) mass is 236 g/mol. The first-order valence-corrected chi connectivity index (χ1v) is 5.47. The number of hydroxylamine groups is 1. The molecular formula is C12H16N2O3. The molecule has 0 saturated carbocycles. The van der Waals surface area contributed by atoms with Crippen LogP contribution in [0.3, 0.4) is 0 Å². The quantitative estimate of drug-likeness (QED) is 0.812. The SMILES string of the molecule is CC(C)(C)OC(=O)NN1Cc2ccccc2O1. The van der Waals surface area contributed by atoms with Crippen molar-refractivity contribution in [3.05, 3.63) is 29.8 Å². The van der Waals surface area contributed by atoms with Crippen molar-refractivity contribution >= 4 is 6.09 Å². The van der Waals surface area contributed by atoms with E-state index in [2.05, 4.69) is 5.43 Å². The van der Waals surface area contributed by atoms with Gasteiger partial charge in [0.15, 0.2) is 5.75 Å². The number of amides is 1. The van der Waals surface area contributed by atoms with Gasteiger partial charge in [-0.1, -0.05) is 18.2 Å². The zero-order valence-corrected chi connectivity index (χ0v) is 10.2. The Bertz CT molecular complexity index is 401. The molecule has 0 unspecified atom stereocenters. The maximum absolute atomic E-state index is 11.5. The summed E-state index contributed by atoms with van der Waals surface area (Å²) in [5.41, 5.74) is 3.05. The number of benzene rings is 1. The van der Waals surface area contributed by atoms with Crippen LogP contribution in [0.25, 0.3) is 0 Å². The Balaban J connectivity index is 1.90. The Morgan fingerprint density at radius 3 is 2.76 bits per heavy atom. The minimum atomic E-state index is -0.523. The van der Waals surface area contributed by atoms with Gasteiger partial charge in [0.05, 0.1) is 6.54 Å². The molecule has 5 nitrogen and oxygen atoms in total. The van der Waals surface area contributed by atoms with Gasteiger partial charge in [-0.05, 0) is 32.0 Å². The topological polar surface area (TPSA) is 50.8 Å². The third-order valence-corrected chi connectivity index (χ3v) is 2.11. The van der Waals surface area contributed by atoms with E-state index in [0.29, 0.717) is 6.54 Å². The summed E-state index contributed by atoms with van der Waals surface area (Å²) in [4.78, 5) is 16.9. The second-order valence-electron chi connectivity index (χ2n) is 4.85. The van der Waals surface area contributed by atoms with E-state index in [1.54, 1.807) is 0 Å². The molecule has 1 N–H and O–H groups in total. The van der Waals surface area contributed by atoms with Crippen LogP contribution in [-0.2, 0) is 11.3 Å². The Kier molecular flexibility index (Phi) is 2.93. The summed E-state index contributed by atoms with van der Waals surface area (Å²) in [5.74, 6) is 0.753. The predicted octanol–water partition coefficient (Wildman–Crippen LogP) is 2.24. The summed E-state index contributed by atoms with van der Waals surface area (Å²) in [6.45, 7) is 5.94. The lowest BCUT2D eigenvalue weighted by Crippen LogP contribution is -2.43. The zero-order chi connectivity index (χ0) is 12.5. The van der Waals surface area contributed by atoms with Crippen LogP contribution in [0.5, 0.6) is 5.75 Å². The zero-order valence-electron chi connectivity index (χ0n) is 10.2. The van der Waals surface area contributed by atoms with Crippen LogP contribution in [0.15, 0.2) is 24.3 Å². The summed E-state index contributed by atoms with van der Waals surface area (Å²) in [6, 6.07) is 7.62. The van der Waals surface area contributed by atoms with Gasteiger partial charge in [-0.3, -0.25) is 0 Å². The van der Waals surface area contributed by atoms with Crippen molar-refractivity contribution in [3.63, 3.8) is 0 Å². The number of nitrogens with zero attached hydrogens (tertiary/aromatic N) is 1. The van der Waals surface area contributed by atoms with E-state index in [-0.39, 0.29) is 0 Å². The van der Waals surface area contributed by atoms with E-state index in [1.807, 2.05) is 45.0 Å². The number of hydrazine groups is 1. The molecule has 0 aliphatic carbocycles. The van der Waals surface area contributed by atoms with Crippen LogP contribution in [0, 0.1) is 0 Å². The van der Waals surface area contributed by atoms with Gasteiger partial charge in [0.1, 0.15) is 5.60 Å². The summed E-state index contributed by atoms with van der Waals surface area (Å²) in [6.07, 6.45) is -0.523. The molecule has 0 saturated heterocycles. The first kappa shape index (κ1) is 11.7. The summed E-state index contributed by atoms with van der Waals surface area (Å²) in [5, 5.41) is 1.36. The second-order valence-corrected chi connectivity index (χ2v) is 4.85. The Morgan fingerprint density at radius 2 is 2.12 bits per heavy atom. The molecule has 1 amide bonds. The van der Waals surface area contributed by atoms with Crippen molar-refractivity contribution in [1.82, 2.24) is 10.6 Å². The lowest BCUT2D eigenvalue weighted by molar-refractivity contribution is -0.0925. The number of para-hydroxylation sites is 1. The van der Waals surface area contributed by atoms with Gasteiger partial charge < -0.3 is 9.57 Å². The molecule has 2 rings (SSSR count). The second kappa shape index (κ2) is 4.25. The first-order chi connectivity index (χ1) is 7.94. The highest BCUT2D eigenvalue weighted by molar-refractivity contribution is 5.67. The normalized spacial score (nSPS) is 15.0. The van der Waals surface area contributed by atoms with Crippen LogP contribution in [-0.4, -0.2) is 16.9 Å². The van der Waals surface area contributed by atoms with Crippen LogP contribution >= 0.6 is 0 Å². The molecule has 0 aromatic heterocycles. The molecule has 0 radical (unpaired) electrons. The first-order valence-electron chi connectivity index (χ1n) is 5.47. The number of nitrogens with one attached hydrogen (secondary N) is 1. The molecule has 0 fully saturated rings. The molecule has 1 aliphatic heterocycles. The molecule has 1 aromatic rings. The van der Waals surface area contributed by atoms with E-state index in [1.165, 1.54) is 5.17 Å². The largest absolute Gasteiger partial charge is 0.443 e. The molecule has 0 spiro atoms. The number of ether oxygens (including phenoxy) is 1. The highest BCUT2D eigenvalue weighted by Crippen LogP contribution is 2.26. The van der Waals surface area contributed by atoms with Crippen LogP contribution in [0.4, 0.5) is 4.79 Å². The molecule has 17 heavy (non-hydrogen) atoms. The molecule has 1 aromatic carbocycles. The van der Waals surface area contributed by atoms with E-state index >= 15 is 0 Å². The van der Waals surface area contributed by atoms with Gasteiger partial charge >= 0.3 is 6.09 Å². The number of hydrogen-bond acceptors (Lipinski definition) is 4.